The van der Waals surface area contributed by atoms with Gasteiger partial charge in [-0.05, 0) is 47.4 Å². The van der Waals surface area contributed by atoms with Crippen LogP contribution in [0.1, 0.15) is 36.5 Å². The SMILES string of the molecule is CC(C(=O)[O-])C(C)c1cccc(Nc2cccc(-c3c4cccc(C(F)(F)F)c4nn3Cc3ccccc3)c2)c1. The van der Waals surface area contributed by atoms with E-state index in [1.165, 1.54) is 6.07 Å². The summed E-state index contributed by atoms with van der Waals surface area (Å²) in [5, 5.41) is 19.6. The maximum atomic E-state index is 13.9. The summed E-state index contributed by atoms with van der Waals surface area (Å²) < 4.78 is 43.3. The quantitative estimate of drug-likeness (QED) is 0.229. The van der Waals surface area contributed by atoms with Crippen LogP contribution in [0.2, 0.25) is 0 Å². The highest BCUT2D eigenvalue weighted by molar-refractivity contribution is 5.96. The van der Waals surface area contributed by atoms with Crippen LogP contribution in [0.5, 0.6) is 0 Å². The molecule has 0 amide bonds. The van der Waals surface area contributed by atoms with Gasteiger partial charge in [-0.2, -0.15) is 18.3 Å². The molecular weight excluding hydrogens is 515 g/mol. The largest absolute Gasteiger partial charge is 0.550 e. The topological polar surface area (TPSA) is 70.0 Å². The Bertz CT molecular complexity index is 1660. The standard InChI is InChI=1S/C32H28F3N3O2/c1-20(21(2)31(39)40)23-11-6-13-25(17-23)36-26-14-7-12-24(18-26)30-27-15-8-16-28(32(33,34)35)29(27)37-38(30)19-22-9-4-3-5-10-22/h3-18,20-21,36H,19H2,1-2H3,(H,39,40)/p-1. The summed E-state index contributed by atoms with van der Waals surface area (Å²) in [5.41, 5.74) is 3.67. The molecule has 0 aliphatic heterocycles. The Hall–Kier alpha value is -4.59. The van der Waals surface area contributed by atoms with Crippen molar-refractivity contribution in [2.75, 3.05) is 5.32 Å². The summed E-state index contributed by atoms with van der Waals surface area (Å²) in [6.45, 7) is 3.77. The van der Waals surface area contributed by atoms with Crippen molar-refractivity contribution in [3.63, 3.8) is 0 Å². The van der Waals surface area contributed by atoms with E-state index >= 15 is 0 Å². The fourth-order valence-corrected chi connectivity index (χ4v) is 4.86. The molecule has 0 radical (unpaired) electrons. The molecule has 5 nitrogen and oxygen atoms in total. The second-order valence-corrected chi connectivity index (χ2v) is 9.92. The molecule has 204 valence electrons. The molecule has 8 heteroatoms. The van der Waals surface area contributed by atoms with E-state index < -0.39 is 23.6 Å². The molecule has 1 heterocycles. The molecule has 40 heavy (non-hydrogen) atoms. The van der Waals surface area contributed by atoms with Crippen molar-refractivity contribution in [3.8, 4) is 11.3 Å². The zero-order valence-electron chi connectivity index (χ0n) is 21.9. The van der Waals surface area contributed by atoms with E-state index in [0.29, 0.717) is 23.2 Å². The number of rotatable bonds is 8. The second kappa shape index (κ2) is 10.9. The van der Waals surface area contributed by atoms with Gasteiger partial charge in [0.1, 0.15) is 5.52 Å². The third-order valence-corrected chi connectivity index (χ3v) is 7.21. The van der Waals surface area contributed by atoms with Crippen LogP contribution in [0.4, 0.5) is 24.5 Å². The number of carbonyl (C=O) groups excluding carboxylic acids is 1. The van der Waals surface area contributed by atoms with Crippen molar-refractivity contribution in [2.45, 2.75) is 32.5 Å². The number of alkyl halides is 3. The van der Waals surface area contributed by atoms with Gasteiger partial charge in [-0.15, -0.1) is 0 Å². The van der Waals surface area contributed by atoms with Crippen LogP contribution < -0.4 is 10.4 Å². The van der Waals surface area contributed by atoms with Crippen molar-refractivity contribution in [1.82, 2.24) is 9.78 Å². The summed E-state index contributed by atoms with van der Waals surface area (Å²) >= 11 is 0. The van der Waals surface area contributed by atoms with E-state index in [1.54, 1.807) is 17.7 Å². The first-order valence-electron chi connectivity index (χ1n) is 12.9. The Balaban J connectivity index is 1.55. The van der Waals surface area contributed by atoms with Crippen LogP contribution in [0.15, 0.2) is 97.1 Å². The molecule has 0 spiro atoms. The Kier molecular flexibility index (Phi) is 7.34. The maximum Gasteiger partial charge on any atom is 0.418 e. The van der Waals surface area contributed by atoms with Crippen LogP contribution in [-0.2, 0) is 17.5 Å². The predicted octanol–water partition coefficient (Wildman–Crippen LogP) is 7.00. The van der Waals surface area contributed by atoms with Crippen LogP contribution in [0, 0.1) is 5.92 Å². The lowest BCUT2D eigenvalue weighted by atomic mass is 9.89. The fraction of sp³-hybridized carbons (Fsp3) is 0.188. The molecule has 5 rings (SSSR count). The molecule has 0 fully saturated rings. The monoisotopic (exact) mass is 542 g/mol. The fourth-order valence-electron chi connectivity index (χ4n) is 4.86. The number of hydrogen-bond donors (Lipinski definition) is 1. The van der Waals surface area contributed by atoms with Gasteiger partial charge in [-0.1, -0.05) is 80.6 Å². The van der Waals surface area contributed by atoms with Gasteiger partial charge >= 0.3 is 6.18 Å². The van der Waals surface area contributed by atoms with E-state index in [-0.39, 0.29) is 11.4 Å². The minimum atomic E-state index is -4.54. The molecule has 1 N–H and O–H groups in total. The molecule has 5 aromatic rings. The number of benzene rings is 4. The lowest BCUT2D eigenvalue weighted by molar-refractivity contribution is -0.311. The first-order chi connectivity index (χ1) is 19.1. The lowest BCUT2D eigenvalue weighted by Gasteiger charge is -2.22. The Morgan fingerprint density at radius 2 is 1.57 bits per heavy atom. The van der Waals surface area contributed by atoms with Crippen LogP contribution in [0.25, 0.3) is 22.2 Å². The molecule has 0 saturated carbocycles. The van der Waals surface area contributed by atoms with Crippen molar-refractivity contribution in [1.29, 1.82) is 0 Å². The van der Waals surface area contributed by atoms with Gasteiger partial charge in [-0.25, -0.2) is 0 Å². The molecule has 1 aromatic heterocycles. The van der Waals surface area contributed by atoms with Crippen LogP contribution in [-0.4, -0.2) is 15.7 Å². The Labute approximate surface area is 229 Å². The number of anilines is 2. The normalized spacial score (nSPS) is 13.2. The highest BCUT2D eigenvalue weighted by Gasteiger charge is 2.34. The third-order valence-electron chi connectivity index (χ3n) is 7.21. The number of carbonyl (C=O) groups is 1. The molecule has 0 aliphatic rings. The first kappa shape index (κ1) is 27.0. The van der Waals surface area contributed by atoms with Crippen LogP contribution in [0.3, 0.4) is 0 Å². The molecule has 2 atom stereocenters. The molecule has 0 bridgehead atoms. The average molecular weight is 543 g/mol. The predicted molar refractivity (Wildman–Crippen MR) is 148 cm³/mol. The number of hydrogen-bond acceptors (Lipinski definition) is 4. The van der Waals surface area contributed by atoms with E-state index in [4.69, 9.17) is 0 Å². The van der Waals surface area contributed by atoms with Gasteiger partial charge in [0.15, 0.2) is 0 Å². The summed E-state index contributed by atoms with van der Waals surface area (Å²) in [4.78, 5) is 11.4. The van der Waals surface area contributed by atoms with Crippen molar-refractivity contribution < 1.29 is 23.1 Å². The van der Waals surface area contributed by atoms with Gasteiger partial charge in [-0.3, -0.25) is 4.68 Å². The number of fused-ring (bicyclic) bond motifs is 1. The Morgan fingerprint density at radius 3 is 2.27 bits per heavy atom. The van der Waals surface area contributed by atoms with Crippen molar-refractivity contribution >= 4 is 28.2 Å². The zero-order chi connectivity index (χ0) is 28.4. The summed E-state index contributed by atoms with van der Waals surface area (Å²) in [6.07, 6.45) is -4.54. The molecule has 4 aromatic carbocycles. The lowest BCUT2D eigenvalue weighted by Crippen LogP contribution is -2.32. The van der Waals surface area contributed by atoms with E-state index in [1.807, 2.05) is 85.8 Å². The van der Waals surface area contributed by atoms with Crippen molar-refractivity contribution in [3.05, 3.63) is 114 Å². The number of aliphatic carboxylic acids is 1. The smallest absolute Gasteiger partial charge is 0.418 e. The van der Waals surface area contributed by atoms with Crippen LogP contribution >= 0.6 is 0 Å². The van der Waals surface area contributed by atoms with E-state index in [9.17, 15) is 23.1 Å². The molecule has 0 aliphatic carbocycles. The van der Waals surface area contributed by atoms with Gasteiger partial charge in [0, 0.05) is 34.2 Å². The first-order valence-corrected chi connectivity index (χ1v) is 12.9. The maximum absolute atomic E-state index is 13.9. The number of carboxylic acids is 1. The number of carboxylic acid groups (broad SMARTS) is 1. The number of nitrogens with one attached hydrogen (secondary N) is 1. The van der Waals surface area contributed by atoms with E-state index in [0.717, 1.165) is 28.6 Å². The average Bonchev–Trinajstić information content (AvgIpc) is 3.30. The third kappa shape index (κ3) is 5.57. The minimum Gasteiger partial charge on any atom is -0.550 e. The summed E-state index contributed by atoms with van der Waals surface area (Å²) in [6, 6.07) is 28.5. The van der Waals surface area contributed by atoms with Gasteiger partial charge in [0.2, 0.25) is 0 Å². The van der Waals surface area contributed by atoms with Gasteiger partial charge in [0.05, 0.1) is 17.8 Å². The number of aromatic nitrogens is 2. The highest BCUT2D eigenvalue weighted by Crippen LogP contribution is 2.39. The summed E-state index contributed by atoms with van der Waals surface area (Å²) in [5.74, 6) is -2.01. The second-order valence-electron chi connectivity index (χ2n) is 9.92. The van der Waals surface area contributed by atoms with Crippen molar-refractivity contribution in [2.24, 2.45) is 5.92 Å². The summed E-state index contributed by atoms with van der Waals surface area (Å²) in [7, 11) is 0. The van der Waals surface area contributed by atoms with E-state index in [2.05, 4.69) is 10.4 Å². The van der Waals surface area contributed by atoms with Gasteiger partial charge in [0.25, 0.3) is 0 Å². The number of halogens is 3. The zero-order valence-corrected chi connectivity index (χ0v) is 21.9. The molecule has 2 unspecified atom stereocenters. The molecule has 0 saturated heterocycles. The van der Waals surface area contributed by atoms with Gasteiger partial charge < -0.3 is 15.2 Å². The molecular formula is C32H27F3N3O2-. The Morgan fingerprint density at radius 1 is 0.900 bits per heavy atom. The highest BCUT2D eigenvalue weighted by atomic mass is 19.4. The number of nitrogens with zero attached hydrogens (tertiary/aromatic N) is 2. The minimum absolute atomic E-state index is 0.0944.